The van der Waals surface area contributed by atoms with Crippen LogP contribution in [0.25, 0.3) is 11.2 Å². The third-order valence-electron chi connectivity index (χ3n) is 4.06. The van der Waals surface area contributed by atoms with Crippen molar-refractivity contribution in [1.29, 1.82) is 0 Å². The Bertz CT molecular complexity index is 1180. The van der Waals surface area contributed by atoms with Gasteiger partial charge < -0.3 is 40.5 Å². The van der Waals surface area contributed by atoms with Crippen molar-refractivity contribution in [2.24, 2.45) is 0 Å². The zero-order valence-electron chi connectivity index (χ0n) is 16.3. The summed E-state index contributed by atoms with van der Waals surface area (Å²) < 4.78 is 66.5. The summed E-state index contributed by atoms with van der Waals surface area (Å²) in [7, 11) is -15.3. The second-order valence-electron chi connectivity index (χ2n) is 6.39. The lowest BCUT2D eigenvalue weighted by atomic mass is 10.1. The van der Waals surface area contributed by atoms with Crippen molar-refractivity contribution in [2.75, 3.05) is 24.7 Å². The molecule has 3 heterocycles. The number of phosphoric ester groups is 1. The molecule has 6 atom stereocenters. The number of nitrogen functional groups attached to an aromatic ring is 1. The minimum absolute atomic E-state index is 0.0419. The van der Waals surface area contributed by atoms with E-state index >= 15 is 0 Å². The largest absolute Gasteiger partial charge is 0.490 e. The van der Waals surface area contributed by atoms with E-state index in [1.165, 1.54) is 7.05 Å². The third-order valence-corrected chi connectivity index (χ3v) is 7.86. The predicted octanol–water partition coefficient (Wildman–Crippen LogP) is -0.610. The van der Waals surface area contributed by atoms with Gasteiger partial charge in [-0.25, -0.2) is 23.1 Å². The number of aliphatic hydroxyl groups excluding tert-OH is 1. The summed E-state index contributed by atoms with van der Waals surface area (Å²) >= 11 is 0. The van der Waals surface area contributed by atoms with Crippen molar-refractivity contribution in [3.05, 3.63) is 6.33 Å². The SMILES string of the molecule is CNc1nc(N)nc2c1ncn2[C@@H]1O[C@H](COP(=O)(O)OP(=O)(O)OP(=O)(O)O)[C@@H](O)[C@@H]1F. The van der Waals surface area contributed by atoms with Crippen LogP contribution in [0.15, 0.2) is 6.33 Å². The Labute approximate surface area is 183 Å². The molecule has 2 aromatic rings. The molecule has 0 saturated carbocycles. The average Bonchev–Trinajstić information content (AvgIpc) is 3.18. The fraction of sp³-hybridized carbons (Fsp3) is 0.545. The van der Waals surface area contributed by atoms with E-state index in [-0.39, 0.29) is 22.9 Å². The molecule has 0 aromatic carbocycles. The molecule has 3 rings (SSSR count). The van der Waals surface area contributed by atoms with Crippen LogP contribution in [-0.2, 0) is 31.6 Å². The smallest absolute Gasteiger partial charge is 0.387 e. The molecule has 1 saturated heterocycles. The number of aliphatic hydroxyl groups is 1. The normalized spacial score (nSPS) is 27.4. The molecule has 2 unspecified atom stereocenters. The number of alkyl halides is 1. The molecule has 8 N–H and O–H groups in total. The lowest BCUT2D eigenvalue weighted by Crippen LogP contribution is -2.31. The number of imidazole rings is 1. The zero-order valence-corrected chi connectivity index (χ0v) is 19.0. The van der Waals surface area contributed by atoms with Crippen LogP contribution in [0.3, 0.4) is 0 Å². The third kappa shape index (κ3) is 6.10. The maximum atomic E-state index is 14.8. The summed E-state index contributed by atoms with van der Waals surface area (Å²) in [5.74, 6) is 0.0566. The van der Waals surface area contributed by atoms with Gasteiger partial charge in [0.25, 0.3) is 0 Å². The summed E-state index contributed by atoms with van der Waals surface area (Å²) in [4.78, 5) is 47.5. The van der Waals surface area contributed by atoms with E-state index in [0.717, 1.165) is 10.9 Å². The highest BCUT2D eigenvalue weighted by Crippen LogP contribution is 2.66. The minimum atomic E-state index is -5.74. The van der Waals surface area contributed by atoms with Crippen molar-refractivity contribution < 1.29 is 60.6 Å². The van der Waals surface area contributed by atoms with Crippen LogP contribution in [0, 0.1) is 0 Å². The van der Waals surface area contributed by atoms with Crippen LogP contribution in [0.5, 0.6) is 0 Å². The first-order valence-electron chi connectivity index (χ1n) is 8.56. The highest BCUT2D eigenvalue weighted by atomic mass is 31.3. The van der Waals surface area contributed by atoms with E-state index in [1.54, 1.807) is 0 Å². The highest BCUT2D eigenvalue weighted by molar-refractivity contribution is 7.66. The summed E-state index contributed by atoms with van der Waals surface area (Å²) in [5.41, 5.74) is 5.86. The van der Waals surface area contributed by atoms with Gasteiger partial charge in [0.15, 0.2) is 29.4 Å². The Hall–Kier alpha value is -1.59. The number of fused-ring (bicyclic) bond motifs is 1. The molecule has 33 heavy (non-hydrogen) atoms. The van der Waals surface area contributed by atoms with Gasteiger partial charge in [-0.2, -0.15) is 18.6 Å². The van der Waals surface area contributed by atoms with E-state index in [2.05, 4.69) is 33.4 Å². The van der Waals surface area contributed by atoms with Crippen LogP contribution >= 0.6 is 23.5 Å². The lowest BCUT2D eigenvalue weighted by molar-refractivity contribution is -0.0450. The second kappa shape index (κ2) is 9.22. The Morgan fingerprint density at radius 2 is 1.88 bits per heavy atom. The molecule has 186 valence electrons. The molecule has 1 aliphatic heterocycles. The summed E-state index contributed by atoms with van der Waals surface area (Å²) in [6, 6.07) is 0. The van der Waals surface area contributed by atoms with Gasteiger partial charge in [-0.3, -0.25) is 9.09 Å². The molecular weight excluding hydrogens is 520 g/mol. The average molecular weight is 538 g/mol. The van der Waals surface area contributed by atoms with Crippen LogP contribution in [0.1, 0.15) is 6.23 Å². The summed E-state index contributed by atoms with van der Waals surface area (Å²) in [6.07, 6.45) is -6.04. The zero-order chi connectivity index (χ0) is 24.8. The van der Waals surface area contributed by atoms with Crippen molar-refractivity contribution in [3.63, 3.8) is 0 Å². The number of nitrogens with zero attached hydrogens (tertiary/aromatic N) is 4. The Morgan fingerprint density at radius 1 is 1.21 bits per heavy atom. The van der Waals surface area contributed by atoms with E-state index in [9.17, 15) is 28.1 Å². The molecule has 1 fully saturated rings. The molecule has 0 amide bonds. The number of nitrogens with two attached hydrogens (primary N) is 1. The quantitative estimate of drug-likeness (QED) is 0.196. The van der Waals surface area contributed by atoms with Crippen molar-refractivity contribution in [2.45, 2.75) is 24.6 Å². The minimum Gasteiger partial charge on any atom is -0.387 e. The van der Waals surface area contributed by atoms with Crippen LogP contribution in [0.4, 0.5) is 16.2 Å². The predicted molar refractivity (Wildman–Crippen MR) is 104 cm³/mol. The lowest BCUT2D eigenvalue weighted by Gasteiger charge is -2.19. The molecule has 22 heteroatoms. The Morgan fingerprint density at radius 3 is 2.48 bits per heavy atom. The number of rotatable bonds is 9. The van der Waals surface area contributed by atoms with E-state index < -0.39 is 54.7 Å². The van der Waals surface area contributed by atoms with E-state index in [0.29, 0.717) is 0 Å². The molecule has 0 spiro atoms. The molecular formula is C11H18FN6O12P3. The Balaban J connectivity index is 1.73. The van der Waals surface area contributed by atoms with Crippen molar-refractivity contribution >= 4 is 46.4 Å². The summed E-state index contributed by atoms with van der Waals surface area (Å²) in [5, 5.41) is 12.8. The van der Waals surface area contributed by atoms with Gasteiger partial charge in [-0.05, 0) is 0 Å². The summed E-state index contributed by atoms with van der Waals surface area (Å²) in [6.45, 7) is -1.05. The fourth-order valence-electron chi connectivity index (χ4n) is 2.83. The second-order valence-corrected chi connectivity index (χ2v) is 10.8. The number of aromatic nitrogens is 4. The van der Waals surface area contributed by atoms with E-state index in [1.807, 2.05) is 0 Å². The van der Waals surface area contributed by atoms with Crippen LogP contribution < -0.4 is 11.1 Å². The fourth-order valence-corrected chi connectivity index (χ4v) is 5.86. The van der Waals surface area contributed by atoms with Gasteiger partial charge >= 0.3 is 23.5 Å². The van der Waals surface area contributed by atoms with Gasteiger partial charge in [-0.15, -0.1) is 0 Å². The number of halogens is 1. The first kappa shape index (κ1) is 26.0. The van der Waals surface area contributed by atoms with Crippen LogP contribution in [0.2, 0.25) is 0 Å². The molecule has 1 aliphatic rings. The van der Waals surface area contributed by atoms with Crippen molar-refractivity contribution in [3.8, 4) is 0 Å². The molecule has 0 radical (unpaired) electrons. The number of phosphoric acid groups is 3. The van der Waals surface area contributed by atoms with Gasteiger partial charge in [-0.1, -0.05) is 0 Å². The molecule has 2 aromatic heterocycles. The first-order valence-corrected chi connectivity index (χ1v) is 13.1. The van der Waals surface area contributed by atoms with Gasteiger partial charge in [0.2, 0.25) is 5.95 Å². The Kier molecular flexibility index (Phi) is 7.27. The highest BCUT2D eigenvalue weighted by Gasteiger charge is 2.48. The molecule has 0 aliphatic carbocycles. The number of anilines is 2. The van der Waals surface area contributed by atoms with Crippen LogP contribution in [-0.4, -0.2) is 76.2 Å². The number of nitrogens with one attached hydrogen (secondary N) is 1. The van der Waals surface area contributed by atoms with Gasteiger partial charge in [0.05, 0.1) is 12.9 Å². The maximum Gasteiger partial charge on any atom is 0.490 e. The first-order chi connectivity index (χ1) is 15.1. The topological polar surface area (TPSA) is 271 Å². The molecule has 0 bridgehead atoms. The van der Waals surface area contributed by atoms with Gasteiger partial charge in [0, 0.05) is 7.05 Å². The number of ether oxygens (including phenoxy) is 1. The number of hydrogen-bond donors (Lipinski definition) is 7. The monoisotopic (exact) mass is 538 g/mol. The standard InChI is InChI=1S/C11H18FN6O12P3/c1-14-8-6-9(17-11(13)16-8)18(3-15-6)10-5(12)7(19)4(28-10)2-27-32(23,24)30-33(25,26)29-31(20,21)22/h3-5,7,10,19H,2H2,1H3,(H,23,24)(H,25,26)(H2,20,21,22)(H3,13,14,16,17)/t4-,5+,7-,10-/m1/s1. The van der Waals surface area contributed by atoms with Gasteiger partial charge in [0.1, 0.15) is 12.2 Å². The van der Waals surface area contributed by atoms with E-state index in [4.69, 9.17) is 25.2 Å². The molecule has 18 nitrogen and oxygen atoms in total. The maximum absolute atomic E-state index is 14.8. The van der Waals surface area contributed by atoms with Crippen molar-refractivity contribution in [1.82, 2.24) is 19.5 Å². The number of hydrogen-bond acceptors (Lipinski definition) is 13.